The van der Waals surface area contributed by atoms with Crippen molar-refractivity contribution in [3.63, 3.8) is 0 Å². The fourth-order valence-electron chi connectivity index (χ4n) is 3.98. The lowest BCUT2D eigenvalue weighted by atomic mass is 10.2. The molecule has 1 saturated carbocycles. The average molecular weight is 466 g/mol. The number of halogens is 1. The van der Waals surface area contributed by atoms with E-state index in [0.29, 0.717) is 22.1 Å². The van der Waals surface area contributed by atoms with Crippen LogP contribution in [0.25, 0.3) is 22.8 Å². The standard InChI is InChI=1S/C24H24ClN5O3/c1-24(2,3)33-22(31)7-6-18-17(27-21-12-15(25)9-11-28(18)21)14-29-20-13-26-10-8-19(20)30(23(29)32)16-4-5-16/h6-13,16H,4-5,14H2,1-3H3/b7-6+. The summed E-state index contributed by atoms with van der Waals surface area (Å²) < 4.78 is 10.8. The Hall–Kier alpha value is -3.39. The van der Waals surface area contributed by atoms with Gasteiger partial charge >= 0.3 is 11.7 Å². The number of esters is 1. The van der Waals surface area contributed by atoms with Gasteiger partial charge in [-0.05, 0) is 51.8 Å². The van der Waals surface area contributed by atoms with Crippen molar-refractivity contribution in [1.29, 1.82) is 0 Å². The largest absolute Gasteiger partial charge is 0.457 e. The van der Waals surface area contributed by atoms with Crippen molar-refractivity contribution in [3.8, 4) is 0 Å². The zero-order valence-electron chi connectivity index (χ0n) is 18.7. The number of hydrogen-bond donors (Lipinski definition) is 0. The maximum atomic E-state index is 13.3. The normalized spacial score (nSPS) is 14.5. The number of hydrogen-bond acceptors (Lipinski definition) is 5. The first-order valence-corrected chi connectivity index (χ1v) is 11.2. The summed E-state index contributed by atoms with van der Waals surface area (Å²) in [5.74, 6) is -0.455. The summed E-state index contributed by atoms with van der Waals surface area (Å²) in [6.07, 6.45) is 10.2. The molecule has 1 aliphatic carbocycles. The van der Waals surface area contributed by atoms with Crippen LogP contribution in [0.15, 0.2) is 47.7 Å². The highest BCUT2D eigenvalue weighted by Gasteiger charge is 2.29. The van der Waals surface area contributed by atoms with Crippen LogP contribution in [-0.4, -0.2) is 35.1 Å². The van der Waals surface area contributed by atoms with E-state index < -0.39 is 11.6 Å². The fraction of sp³-hybridized carbons (Fsp3) is 0.333. The summed E-state index contributed by atoms with van der Waals surface area (Å²) in [7, 11) is 0. The molecule has 0 N–H and O–H groups in total. The monoisotopic (exact) mass is 465 g/mol. The van der Waals surface area contributed by atoms with Crippen LogP contribution in [-0.2, 0) is 16.1 Å². The number of carbonyl (C=O) groups excluding carboxylic acids is 1. The van der Waals surface area contributed by atoms with Gasteiger partial charge < -0.3 is 4.74 Å². The highest BCUT2D eigenvalue weighted by molar-refractivity contribution is 6.30. The number of nitrogens with zero attached hydrogens (tertiary/aromatic N) is 5. The number of aromatic nitrogens is 5. The number of rotatable bonds is 5. The lowest BCUT2D eigenvalue weighted by Crippen LogP contribution is -2.24. The van der Waals surface area contributed by atoms with E-state index in [0.717, 1.165) is 23.9 Å². The molecule has 9 heteroatoms. The van der Waals surface area contributed by atoms with Gasteiger partial charge in [-0.15, -0.1) is 0 Å². The molecular weight excluding hydrogens is 442 g/mol. The average Bonchev–Trinajstić information content (AvgIpc) is 3.46. The maximum Gasteiger partial charge on any atom is 0.331 e. The number of fused-ring (bicyclic) bond motifs is 2. The summed E-state index contributed by atoms with van der Waals surface area (Å²) in [5.41, 5.74) is 2.88. The summed E-state index contributed by atoms with van der Waals surface area (Å²) in [4.78, 5) is 34.6. The maximum absolute atomic E-state index is 13.3. The van der Waals surface area contributed by atoms with Gasteiger partial charge in [0.05, 0.1) is 35.2 Å². The molecule has 0 amide bonds. The van der Waals surface area contributed by atoms with Crippen LogP contribution < -0.4 is 5.69 Å². The molecule has 0 bridgehead atoms. The van der Waals surface area contributed by atoms with Crippen molar-refractivity contribution >= 4 is 40.3 Å². The minimum absolute atomic E-state index is 0.0855. The van der Waals surface area contributed by atoms with Gasteiger partial charge in [-0.1, -0.05) is 11.6 Å². The van der Waals surface area contributed by atoms with Crippen LogP contribution in [0, 0.1) is 0 Å². The van der Waals surface area contributed by atoms with Gasteiger partial charge in [0, 0.05) is 35.6 Å². The fourth-order valence-corrected chi connectivity index (χ4v) is 4.13. The molecule has 1 aliphatic rings. The van der Waals surface area contributed by atoms with Crippen LogP contribution >= 0.6 is 11.6 Å². The van der Waals surface area contributed by atoms with E-state index in [1.165, 1.54) is 6.08 Å². The number of ether oxygens (including phenoxy) is 1. The second-order valence-corrected chi connectivity index (χ2v) is 9.65. The van der Waals surface area contributed by atoms with Gasteiger partial charge in [-0.3, -0.25) is 18.5 Å². The first-order chi connectivity index (χ1) is 15.7. The van der Waals surface area contributed by atoms with Crippen molar-refractivity contribution in [1.82, 2.24) is 23.5 Å². The summed E-state index contributed by atoms with van der Waals surface area (Å²) in [5, 5.41) is 0.549. The molecule has 4 heterocycles. The molecule has 170 valence electrons. The molecule has 0 radical (unpaired) electrons. The van der Waals surface area contributed by atoms with Gasteiger partial charge in [0.2, 0.25) is 0 Å². The lowest BCUT2D eigenvalue weighted by molar-refractivity contribution is -0.148. The Bertz CT molecular complexity index is 1470. The number of imidazole rings is 2. The van der Waals surface area contributed by atoms with Crippen LogP contribution in [0.1, 0.15) is 51.0 Å². The first-order valence-electron chi connectivity index (χ1n) is 10.8. The Morgan fingerprint density at radius 1 is 1.27 bits per heavy atom. The van der Waals surface area contributed by atoms with Crippen LogP contribution in [0.4, 0.5) is 0 Å². The van der Waals surface area contributed by atoms with Gasteiger partial charge in [-0.2, -0.15) is 0 Å². The molecule has 4 aromatic rings. The van der Waals surface area contributed by atoms with Crippen molar-refractivity contribution < 1.29 is 9.53 Å². The van der Waals surface area contributed by atoms with Crippen molar-refractivity contribution in [3.05, 3.63) is 69.8 Å². The Morgan fingerprint density at radius 2 is 2.06 bits per heavy atom. The summed E-state index contributed by atoms with van der Waals surface area (Å²) >= 11 is 6.18. The van der Waals surface area contributed by atoms with Crippen molar-refractivity contribution in [2.24, 2.45) is 0 Å². The minimum Gasteiger partial charge on any atom is -0.457 e. The van der Waals surface area contributed by atoms with Gasteiger partial charge in [0.15, 0.2) is 0 Å². The third kappa shape index (κ3) is 4.18. The SMILES string of the molecule is CC(C)(C)OC(=O)/C=C/c1c(Cn2c(=O)n(C3CC3)c3ccncc32)nc2cc(Cl)ccn12. The zero-order chi connectivity index (χ0) is 23.3. The summed E-state index contributed by atoms with van der Waals surface area (Å²) in [6, 6.07) is 5.60. The number of pyridine rings is 2. The van der Waals surface area contributed by atoms with E-state index in [1.54, 1.807) is 41.4 Å². The highest BCUT2D eigenvalue weighted by Crippen LogP contribution is 2.36. The summed E-state index contributed by atoms with van der Waals surface area (Å²) in [6.45, 7) is 5.68. The van der Waals surface area contributed by atoms with Gasteiger partial charge in [0.1, 0.15) is 11.2 Å². The predicted octanol–water partition coefficient (Wildman–Crippen LogP) is 4.24. The van der Waals surface area contributed by atoms with Crippen LogP contribution in [0.2, 0.25) is 5.02 Å². The molecule has 1 fully saturated rings. The van der Waals surface area contributed by atoms with E-state index in [1.807, 2.05) is 35.8 Å². The van der Waals surface area contributed by atoms with Crippen LogP contribution in [0.5, 0.6) is 0 Å². The smallest absolute Gasteiger partial charge is 0.331 e. The Morgan fingerprint density at radius 3 is 2.79 bits per heavy atom. The first kappa shape index (κ1) is 21.5. The minimum atomic E-state index is -0.595. The zero-order valence-corrected chi connectivity index (χ0v) is 19.4. The second kappa shape index (κ2) is 7.88. The van der Waals surface area contributed by atoms with E-state index in [2.05, 4.69) is 4.98 Å². The van der Waals surface area contributed by atoms with Crippen molar-refractivity contribution in [2.75, 3.05) is 0 Å². The molecule has 0 atom stereocenters. The van der Waals surface area contributed by atoms with Gasteiger partial charge in [-0.25, -0.2) is 14.6 Å². The highest BCUT2D eigenvalue weighted by atomic mass is 35.5. The lowest BCUT2D eigenvalue weighted by Gasteiger charge is -2.17. The van der Waals surface area contributed by atoms with E-state index in [9.17, 15) is 9.59 Å². The Kier molecular flexibility index (Phi) is 5.12. The van der Waals surface area contributed by atoms with E-state index in [-0.39, 0.29) is 18.3 Å². The molecule has 0 unspecified atom stereocenters. The quantitative estimate of drug-likeness (QED) is 0.325. The molecule has 5 rings (SSSR count). The molecule has 0 spiro atoms. The molecule has 8 nitrogen and oxygen atoms in total. The molecule has 0 saturated heterocycles. The van der Waals surface area contributed by atoms with Gasteiger partial charge in [0.25, 0.3) is 0 Å². The van der Waals surface area contributed by atoms with E-state index in [4.69, 9.17) is 21.3 Å². The Labute approximate surface area is 195 Å². The third-order valence-electron chi connectivity index (χ3n) is 5.47. The second-order valence-electron chi connectivity index (χ2n) is 9.22. The Balaban J connectivity index is 1.61. The number of carbonyl (C=O) groups is 1. The molecule has 33 heavy (non-hydrogen) atoms. The molecule has 4 aromatic heterocycles. The van der Waals surface area contributed by atoms with E-state index >= 15 is 0 Å². The predicted molar refractivity (Wildman–Crippen MR) is 126 cm³/mol. The molecule has 0 aliphatic heterocycles. The van der Waals surface area contributed by atoms with Crippen molar-refractivity contribution in [2.45, 2.75) is 51.8 Å². The molecule has 0 aromatic carbocycles. The van der Waals surface area contributed by atoms with Crippen LogP contribution in [0.3, 0.4) is 0 Å². The third-order valence-corrected chi connectivity index (χ3v) is 5.71. The topological polar surface area (TPSA) is 83.4 Å². The molecular formula is C24H24ClN5O3.